The summed E-state index contributed by atoms with van der Waals surface area (Å²) in [5.41, 5.74) is 5.32. The Hall–Kier alpha value is -0.220. The molecule has 0 amide bonds. The van der Waals surface area contributed by atoms with Crippen LogP contribution in [0.25, 0.3) is 0 Å². The predicted octanol–water partition coefficient (Wildman–Crippen LogP) is 0.350. The number of nitrogens with two attached hydrogens (primary N) is 1. The Balaban J connectivity index is 2.41. The van der Waals surface area contributed by atoms with Gasteiger partial charge in [-0.25, -0.2) is 8.78 Å². The van der Waals surface area contributed by atoms with Crippen molar-refractivity contribution in [3.05, 3.63) is 0 Å². The molecule has 0 aromatic rings. The summed E-state index contributed by atoms with van der Waals surface area (Å²) in [4.78, 5) is 0. The second-order valence-corrected chi connectivity index (χ2v) is 2.80. The van der Waals surface area contributed by atoms with E-state index in [-0.39, 0.29) is 12.8 Å². The lowest BCUT2D eigenvalue weighted by Crippen LogP contribution is -2.28. The smallest absolute Gasteiger partial charge is 0.241 e. The van der Waals surface area contributed by atoms with E-state index in [0.29, 0.717) is 0 Å². The molecular weight excluding hydrogens is 140 g/mol. The molecule has 0 radical (unpaired) electrons. The first-order valence-electron chi connectivity index (χ1n) is 3.33. The molecule has 1 aliphatic carbocycles. The lowest BCUT2D eigenvalue weighted by molar-refractivity contribution is 0.0702. The first-order chi connectivity index (χ1) is 4.61. The van der Waals surface area contributed by atoms with Gasteiger partial charge in [0.2, 0.25) is 6.43 Å². The molecule has 1 rings (SSSR count). The van der Waals surface area contributed by atoms with E-state index in [0.717, 1.165) is 0 Å². The molecule has 0 spiro atoms. The molecule has 1 saturated carbocycles. The molecule has 0 aliphatic heterocycles. The molecule has 0 aromatic carbocycles. The fraction of sp³-hybridized carbons (Fsp3) is 1.00. The van der Waals surface area contributed by atoms with Crippen LogP contribution in [-0.4, -0.2) is 23.7 Å². The normalized spacial score (nSPS) is 41.1. The molecule has 1 fully saturated rings. The number of rotatable bonds is 1. The molecule has 1 aliphatic rings. The third-order valence-corrected chi connectivity index (χ3v) is 1.97. The van der Waals surface area contributed by atoms with Crippen LogP contribution < -0.4 is 5.73 Å². The molecular formula is C6H11F2NO. The van der Waals surface area contributed by atoms with E-state index in [4.69, 9.17) is 10.8 Å². The average molecular weight is 151 g/mol. The number of aliphatic hydroxyl groups is 1. The van der Waals surface area contributed by atoms with Crippen molar-refractivity contribution in [2.45, 2.75) is 31.4 Å². The Morgan fingerprint density at radius 3 is 2.20 bits per heavy atom. The van der Waals surface area contributed by atoms with Crippen LogP contribution in [0.5, 0.6) is 0 Å². The van der Waals surface area contributed by atoms with Crippen LogP contribution in [-0.2, 0) is 0 Å². The van der Waals surface area contributed by atoms with Crippen LogP contribution in [0.2, 0.25) is 0 Å². The lowest BCUT2D eigenvalue weighted by Gasteiger charge is -2.04. The largest absolute Gasteiger partial charge is 0.392 e. The Morgan fingerprint density at radius 1 is 1.40 bits per heavy atom. The lowest BCUT2D eigenvalue weighted by atomic mass is 10.1. The van der Waals surface area contributed by atoms with E-state index in [2.05, 4.69) is 0 Å². The van der Waals surface area contributed by atoms with Crippen molar-refractivity contribution in [1.82, 2.24) is 0 Å². The average Bonchev–Trinajstić information content (AvgIpc) is 2.13. The third-order valence-electron chi connectivity index (χ3n) is 1.97. The van der Waals surface area contributed by atoms with Gasteiger partial charge in [0.1, 0.15) is 0 Å². The van der Waals surface area contributed by atoms with Gasteiger partial charge in [-0.05, 0) is 12.8 Å². The van der Waals surface area contributed by atoms with Crippen molar-refractivity contribution in [3.8, 4) is 0 Å². The number of aliphatic hydroxyl groups excluding tert-OH is 1. The van der Waals surface area contributed by atoms with Gasteiger partial charge in [-0.15, -0.1) is 0 Å². The van der Waals surface area contributed by atoms with E-state index in [9.17, 15) is 8.78 Å². The van der Waals surface area contributed by atoms with Crippen LogP contribution in [0, 0.1) is 5.92 Å². The molecule has 0 saturated heterocycles. The summed E-state index contributed by atoms with van der Waals surface area (Å²) >= 11 is 0. The second-order valence-electron chi connectivity index (χ2n) is 2.80. The van der Waals surface area contributed by atoms with Gasteiger partial charge < -0.3 is 10.8 Å². The van der Waals surface area contributed by atoms with Crippen molar-refractivity contribution in [1.29, 1.82) is 0 Å². The van der Waals surface area contributed by atoms with Gasteiger partial charge in [0.05, 0.1) is 6.10 Å². The quantitative estimate of drug-likeness (QED) is 0.568. The fourth-order valence-corrected chi connectivity index (χ4v) is 1.29. The third kappa shape index (κ3) is 1.44. The molecule has 0 heterocycles. The van der Waals surface area contributed by atoms with Crippen molar-refractivity contribution < 1.29 is 13.9 Å². The molecule has 0 unspecified atom stereocenters. The fourth-order valence-electron chi connectivity index (χ4n) is 1.29. The van der Waals surface area contributed by atoms with E-state index in [1.807, 2.05) is 0 Å². The zero-order chi connectivity index (χ0) is 7.72. The Labute approximate surface area is 58.0 Å². The van der Waals surface area contributed by atoms with Crippen molar-refractivity contribution >= 4 is 0 Å². The molecule has 3 atom stereocenters. The van der Waals surface area contributed by atoms with Gasteiger partial charge in [-0.1, -0.05) is 0 Å². The molecule has 10 heavy (non-hydrogen) atoms. The van der Waals surface area contributed by atoms with Crippen LogP contribution >= 0.6 is 0 Å². The van der Waals surface area contributed by atoms with Crippen LogP contribution in [0.15, 0.2) is 0 Å². The maximum Gasteiger partial charge on any atom is 0.241 e. The summed E-state index contributed by atoms with van der Waals surface area (Å²) in [6, 6.07) is -0.445. The second kappa shape index (κ2) is 2.80. The van der Waals surface area contributed by atoms with Crippen molar-refractivity contribution in [2.75, 3.05) is 0 Å². The number of alkyl halides is 2. The van der Waals surface area contributed by atoms with Gasteiger partial charge in [-0.3, -0.25) is 0 Å². The topological polar surface area (TPSA) is 46.2 Å². The van der Waals surface area contributed by atoms with Crippen LogP contribution in [0.4, 0.5) is 8.78 Å². The Morgan fingerprint density at radius 2 is 2.00 bits per heavy atom. The standard InChI is InChI=1S/C6H11F2NO/c7-6(8)3-1-4(9)5(10)2-3/h3-6,10H,1-2,9H2/t3-,4-,5-/m1/s1. The summed E-state index contributed by atoms with van der Waals surface area (Å²) in [5.74, 6) is -0.690. The molecule has 60 valence electrons. The van der Waals surface area contributed by atoms with E-state index < -0.39 is 24.5 Å². The van der Waals surface area contributed by atoms with Gasteiger partial charge in [0.15, 0.2) is 0 Å². The summed E-state index contributed by atoms with van der Waals surface area (Å²) in [6.07, 6.45) is -2.65. The first-order valence-corrected chi connectivity index (χ1v) is 3.33. The summed E-state index contributed by atoms with van der Waals surface area (Å²) in [7, 11) is 0. The Bertz CT molecular complexity index is 110. The zero-order valence-corrected chi connectivity index (χ0v) is 5.50. The highest BCUT2D eigenvalue weighted by Crippen LogP contribution is 2.29. The highest BCUT2D eigenvalue weighted by Gasteiger charge is 2.35. The van der Waals surface area contributed by atoms with Gasteiger partial charge in [0.25, 0.3) is 0 Å². The Kier molecular flexibility index (Phi) is 2.21. The van der Waals surface area contributed by atoms with E-state index >= 15 is 0 Å². The highest BCUT2D eigenvalue weighted by molar-refractivity contribution is 4.86. The predicted molar refractivity (Wildman–Crippen MR) is 32.7 cm³/mol. The van der Waals surface area contributed by atoms with Crippen LogP contribution in [0.3, 0.4) is 0 Å². The first kappa shape index (κ1) is 7.88. The van der Waals surface area contributed by atoms with Crippen LogP contribution in [0.1, 0.15) is 12.8 Å². The van der Waals surface area contributed by atoms with Gasteiger partial charge in [-0.2, -0.15) is 0 Å². The molecule has 2 nitrogen and oxygen atoms in total. The summed E-state index contributed by atoms with van der Waals surface area (Å²) in [6.45, 7) is 0. The molecule has 0 bridgehead atoms. The van der Waals surface area contributed by atoms with E-state index in [1.165, 1.54) is 0 Å². The van der Waals surface area contributed by atoms with Crippen molar-refractivity contribution in [2.24, 2.45) is 11.7 Å². The minimum atomic E-state index is -2.33. The van der Waals surface area contributed by atoms with Gasteiger partial charge >= 0.3 is 0 Å². The zero-order valence-electron chi connectivity index (χ0n) is 5.50. The summed E-state index contributed by atoms with van der Waals surface area (Å²) < 4.78 is 23.8. The maximum absolute atomic E-state index is 11.9. The number of hydrogen-bond donors (Lipinski definition) is 2. The monoisotopic (exact) mass is 151 g/mol. The SMILES string of the molecule is N[C@@H]1C[C@@H](C(F)F)C[C@H]1O. The van der Waals surface area contributed by atoms with Gasteiger partial charge in [0, 0.05) is 12.0 Å². The summed E-state index contributed by atoms with van der Waals surface area (Å²) in [5, 5.41) is 8.96. The number of hydrogen-bond acceptors (Lipinski definition) is 2. The van der Waals surface area contributed by atoms with Crippen molar-refractivity contribution in [3.63, 3.8) is 0 Å². The maximum atomic E-state index is 11.9. The molecule has 3 N–H and O–H groups in total. The molecule has 4 heteroatoms. The minimum Gasteiger partial charge on any atom is -0.392 e. The molecule has 0 aromatic heterocycles. The minimum absolute atomic E-state index is 0.152. The number of halogens is 2. The highest BCUT2D eigenvalue weighted by atomic mass is 19.3. The van der Waals surface area contributed by atoms with E-state index in [1.54, 1.807) is 0 Å².